The van der Waals surface area contributed by atoms with E-state index in [1.807, 2.05) is 13.8 Å². The molecule has 0 aliphatic carbocycles. The van der Waals surface area contributed by atoms with Crippen molar-refractivity contribution >= 4 is 0 Å². The Balaban J connectivity index is 0. The van der Waals surface area contributed by atoms with E-state index in [0.717, 1.165) is 32.1 Å². The summed E-state index contributed by atoms with van der Waals surface area (Å²) < 4.78 is 0. The fourth-order valence-corrected chi connectivity index (χ4v) is 1.02. The number of rotatable bonds is 7. The standard InChI is InChI=1S/C9H22N2.C2H6/c1-4-10-7-6-9(3)8-11-5-2;1-2/h9-11H,4-8H2,1-3H3;1-2H3. The van der Waals surface area contributed by atoms with E-state index in [2.05, 4.69) is 31.4 Å². The lowest BCUT2D eigenvalue weighted by molar-refractivity contribution is 0.473. The quantitative estimate of drug-likeness (QED) is 0.599. The molecule has 0 aromatic carbocycles. The van der Waals surface area contributed by atoms with Crippen LogP contribution >= 0.6 is 0 Å². The zero-order valence-electron chi connectivity index (χ0n) is 10.1. The first kappa shape index (κ1) is 15.4. The molecular weight excluding hydrogens is 160 g/mol. The highest BCUT2D eigenvalue weighted by molar-refractivity contribution is 4.57. The van der Waals surface area contributed by atoms with E-state index in [9.17, 15) is 0 Å². The second-order valence-corrected chi connectivity index (χ2v) is 3.06. The van der Waals surface area contributed by atoms with E-state index in [4.69, 9.17) is 0 Å². The molecule has 0 radical (unpaired) electrons. The molecular formula is C11H28N2. The molecule has 0 spiro atoms. The first-order valence-corrected chi connectivity index (χ1v) is 5.72. The summed E-state index contributed by atoms with van der Waals surface area (Å²) in [7, 11) is 0. The summed E-state index contributed by atoms with van der Waals surface area (Å²) in [5.41, 5.74) is 0. The van der Waals surface area contributed by atoms with Crippen LogP contribution < -0.4 is 10.6 Å². The maximum absolute atomic E-state index is 3.35. The largest absolute Gasteiger partial charge is 0.317 e. The van der Waals surface area contributed by atoms with Crippen LogP contribution in [0.3, 0.4) is 0 Å². The van der Waals surface area contributed by atoms with Gasteiger partial charge in [0.1, 0.15) is 0 Å². The van der Waals surface area contributed by atoms with Gasteiger partial charge in [-0.1, -0.05) is 34.6 Å². The fourth-order valence-electron chi connectivity index (χ4n) is 1.02. The van der Waals surface area contributed by atoms with Crippen molar-refractivity contribution < 1.29 is 0 Å². The third kappa shape index (κ3) is 14.7. The minimum atomic E-state index is 0.800. The smallest absolute Gasteiger partial charge is 0.00228 e. The third-order valence-corrected chi connectivity index (χ3v) is 1.81. The van der Waals surface area contributed by atoms with Crippen molar-refractivity contribution in [2.45, 2.75) is 41.0 Å². The van der Waals surface area contributed by atoms with Gasteiger partial charge in [-0.3, -0.25) is 0 Å². The molecule has 1 unspecified atom stereocenters. The second-order valence-electron chi connectivity index (χ2n) is 3.06. The van der Waals surface area contributed by atoms with Crippen molar-refractivity contribution in [1.29, 1.82) is 0 Å². The molecule has 0 amide bonds. The van der Waals surface area contributed by atoms with Gasteiger partial charge in [0.2, 0.25) is 0 Å². The SMILES string of the molecule is CC.CCNCCC(C)CNCC. The van der Waals surface area contributed by atoms with Gasteiger partial charge in [0.25, 0.3) is 0 Å². The van der Waals surface area contributed by atoms with Crippen LogP contribution in [0.5, 0.6) is 0 Å². The summed E-state index contributed by atoms with van der Waals surface area (Å²) in [6.45, 7) is 15.1. The van der Waals surface area contributed by atoms with Crippen molar-refractivity contribution in [2.24, 2.45) is 5.92 Å². The predicted molar refractivity (Wildman–Crippen MR) is 62.2 cm³/mol. The van der Waals surface area contributed by atoms with E-state index in [0.29, 0.717) is 0 Å². The van der Waals surface area contributed by atoms with Crippen LogP contribution in [0.2, 0.25) is 0 Å². The number of hydrogen-bond donors (Lipinski definition) is 2. The van der Waals surface area contributed by atoms with Gasteiger partial charge in [-0.15, -0.1) is 0 Å². The monoisotopic (exact) mass is 188 g/mol. The van der Waals surface area contributed by atoms with E-state index in [-0.39, 0.29) is 0 Å². The van der Waals surface area contributed by atoms with Gasteiger partial charge in [0, 0.05) is 0 Å². The van der Waals surface area contributed by atoms with Crippen LogP contribution in [-0.2, 0) is 0 Å². The average molecular weight is 188 g/mol. The van der Waals surface area contributed by atoms with Gasteiger partial charge in [-0.05, 0) is 38.5 Å². The van der Waals surface area contributed by atoms with Crippen molar-refractivity contribution in [2.75, 3.05) is 26.2 Å². The van der Waals surface area contributed by atoms with Crippen molar-refractivity contribution in [3.8, 4) is 0 Å². The van der Waals surface area contributed by atoms with Crippen LogP contribution in [0.15, 0.2) is 0 Å². The van der Waals surface area contributed by atoms with E-state index in [1.54, 1.807) is 0 Å². The van der Waals surface area contributed by atoms with Crippen molar-refractivity contribution in [3.63, 3.8) is 0 Å². The normalized spacial score (nSPS) is 11.8. The van der Waals surface area contributed by atoms with Crippen LogP contribution in [0, 0.1) is 5.92 Å². The number of nitrogens with one attached hydrogen (secondary N) is 2. The molecule has 0 aliphatic rings. The van der Waals surface area contributed by atoms with Crippen LogP contribution in [0.1, 0.15) is 41.0 Å². The topological polar surface area (TPSA) is 24.1 Å². The maximum atomic E-state index is 3.35. The summed E-state index contributed by atoms with van der Waals surface area (Å²) in [4.78, 5) is 0. The molecule has 0 saturated heterocycles. The van der Waals surface area contributed by atoms with E-state index < -0.39 is 0 Å². The van der Waals surface area contributed by atoms with Crippen molar-refractivity contribution in [3.05, 3.63) is 0 Å². The second kappa shape index (κ2) is 14.4. The Kier molecular flexibility index (Phi) is 17.1. The lowest BCUT2D eigenvalue weighted by atomic mass is 10.1. The fraction of sp³-hybridized carbons (Fsp3) is 1.00. The molecule has 13 heavy (non-hydrogen) atoms. The predicted octanol–water partition coefficient (Wildman–Crippen LogP) is 2.26. The molecule has 0 fully saturated rings. The first-order valence-electron chi connectivity index (χ1n) is 5.72. The zero-order chi connectivity index (χ0) is 10.5. The Bertz CT molecular complexity index is 74.5. The molecule has 82 valence electrons. The van der Waals surface area contributed by atoms with Gasteiger partial charge in [-0.25, -0.2) is 0 Å². The lowest BCUT2D eigenvalue weighted by Gasteiger charge is -2.11. The Labute approximate surface area is 84.5 Å². The summed E-state index contributed by atoms with van der Waals surface area (Å²) in [6.07, 6.45) is 1.28. The van der Waals surface area contributed by atoms with Gasteiger partial charge < -0.3 is 10.6 Å². The third-order valence-electron chi connectivity index (χ3n) is 1.81. The highest BCUT2D eigenvalue weighted by atomic mass is 14.9. The van der Waals surface area contributed by atoms with Gasteiger partial charge in [0.15, 0.2) is 0 Å². The highest BCUT2D eigenvalue weighted by Gasteiger charge is 1.98. The molecule has 2 N–H and O–H groups in total. The Morgan fingerprint density at radius 1 is 1.00 bits per heavy atom. The lowest BCUT2D eigenvalue weighted by Crippen LogP contribution is -2.24. The maximum Gasteiger partial charge on any atom is -0.00228 e. The Morgan fingerprint density at radius 3 is 2.00 bits per heavy atom. The van der Waals surface area contributed by atoms with Crippen LogP contribution in [-0.4, -0.2) is 26.2 Å². The summed E-state index contributed by atoms with van der Waals surface area (Å²) in [6, 6.07) is 0. The molecule has 0 bridgehead atoms. The minimum absolute atomic E-state index is 0.800. The molecule has 0 aromatic rings. The molecule has 2 nitrogen and oxygen atoms in total. The van der Waals surface area contributed by atoms with Gasteiger partial charge in [-0.2, -0.15) is 0 Å². The summed E-state index contributed by atoms with van der Waals surface area (Å²) in [5, 5.41) is 6.67. The van der Waals surface area contributed by atoms with Crippen molar-refractivity contribution in [1.82, 2.24) is 10.6 Å². The van der Waals surface area contributed by atoms with E-state index in [1.165, 1.54) is 6.42 Å². The zero-order valence-corrected chi connectivity index (χ0v) is 10.1. The Morgan fingerprint density at radius 2 is 1.54 bits per heavy atom. The molecule has 0 rings (SSSR count). The Hall–Kier alpha value is -0.0800. The average Bonchev–Trinajstić information content (AvgIpc) is 2.18. The van der Waals surface area contributed by atoms with E-state index >= 15 is 0 Å². The van der Waals surface area contributed by atoms with Crippen LogP contribution in [0.4, 0.5) is 0 Å². The highest BCUT2D eigenvalue weighted by Crippen LogP contribution is 1.97. The first-order chi connectivity index (χ1) is 6.31. The van der Waals surface area contributed by atoms with Crippen LogP contribution in [0.25, 0.3) is 0 Å². The molecule has 1 atom stereocenters. The molecule has 2 heteroatoms. The molecule has 0 heterocycles. The number of hydrogen-bond acceptors (Lipinski definition) is 2. The summed E-state index contributed by atoms with van der Waals surface area (Å²) >= 11 is 0. The van der Waals surface area contributed by atoms with Gasteiger partial charge in [0.05, 0.1) is 0 Å². The minimum Gasteiger partial charge on any atom is -0.317 e. The summed E-state index contributed by atoms with van der Waals surface area (Å²) in [5.74, 6) is 0.800. The molecule has 0 saturated carbocycles. The molecule has 0 aliphatic heterocycles. The molecule has 0 aromatic heterocycles. The van der Waals surface area contributed by atoms with Gasteiger partial charge >= 0.3 is 0 Å².